The average Bonchev–Trinajstić information content (AvgIpc) is 3.54. The maximum atomic E-state index is 4.78. The van der Waals surface area contributed by atoms with Crippen molar-refractivity contribution in [3.8, 4) is 5.82 Å². The van der Waals surface area contributed by atoms with Crippen molar-refractivity contribution in [2.45, 2.75) is 31.8 Å². The van der Waals surface area contributed by atoms with Gasteiger partial charge in [-0.2, -0.15) is 4.98 Å². The van der Waals surface area contributed by atoms with Crippen LogP contribution in [0.25, 0.3) is 16.9 Å². The molecule has 2 aliphatic rings. The topological polar surface area (TPSA) is 62.1 Å². The van der Waals surface area contributed by atoms with Crippen LogP contribution in [-0.2, 0) is 0 Å². The van der Waals surface area contributed by atoms with Gasteiger partial charge in [-0.1, -0.05) is 30.3 Å². The summed E-state index contributed by atoms with van der Waals surface area (Å²) < 4.78 is 2.05. The number of nitrogens with zero attached hydrogens (tertiary/aromatic N) is 6. The van der Waals surface area contributed by atoms with Gasteiger partial charge in [-0.3, -0.25) is 9.47 Å². The van der Waals surface area contributed by atoms with E-state index < -0.39 is 0 Å². The van der Waals surface area contributed by atoms with Crippen molar-refractivity contribution in [1.29, 1.82) is 0 Å². The highest BCUT2D eigenvalue weighted by atomic mass is 15.4. The number of benzene rings is 2. The van der Waals surface area contributed by atoms with Gasteiger partial charge in [0.15, 0.2) is 0 Å². The predicted molar refractivity (Wildman–Crippen MR) is 127 cm³/mol. The Bertz CT molecular complexity index is 1220. The molecule has 4 heterocycles. The smallest absolute Gasteiger partial charge is 0.225 e. The van der Waals surface area contributed by atoms with Gasteiger partial charge in [-0.25, -0.2) is 9.97 Å². The number of aromatic nitrogens is 4. The maximum Gasteiger partial charge on any atom is 0.225 e. The van der Waals surface area contributed by atoms with Crippen LogP contribution >= 0.6 is 0 Å². The molecule has 2 fully saturated rings. The molecular formula is C25H27N7. The quantitative estimate of drug-likeness (QED) is 0.516. The molecule has 0 saturated carbocycles. The molecule has 1 N–H and O–H groups in total. The Balaban J connectivity index is 1.28. The Kier molecular flexibility index (Phi) is 4.76. The summed E-state index contributed by atoms with van der Waals surface area (Å²) in [6.45, 7) is 5.47. The van der Waals surface area contributed by atoms with E-state index in [1.54, 1.807) is 6.20 Å². The summed E-state index contributed by atoms with van der Waals surface area (Å²) in [5.74, 6) is 1.42. The van der Waals surface area contributed by atoms with E-state index >= 15 is 0 Å². The summed E-state index contributed by atoms with van der Waals surface area (Å²) in [4.78, 5) is 18.9. The van der Waals surface area contributed by atoms with E-state index in [2.05, 4.69) is 66.9 Å². The predicted octanol–water partition coefficient (Wildman–Crippen LogP) is 4.23. The van der Waals surface area contributed by atoms with Crippen molar-refractivity contribution < 1.29 is 0 Å². The second-order valence-corrected chi connectivity index (χ2v) is 8.77. The largest absolute Gasteiger partial charge is 0.357 e. The van der Waals surface area contributed by atoms with Crippen molar-refractivity contribution >= 4 is 22.7 Å². The summed E-state index contributed by atoms with van der Waals surface area (Å²) in [6.07, 6.45) is 6.29. The molecule has 1 unspecified atom stereocenters. The highest BCUT2D eigenvalue weighted by molar-refractivity contribution is 5.81. The van der Waals surface area contributed by atoms with Crippen LogP contribution in [0.3, 0.4) is 0 Å². The van der Waals surface area contributed by atoms with Gasteiger partial charge in [-0.15, -0.1) is 0 Å². The highest BCUT2D eigenvalue weighted by Gasteiger charge is 2.33. The SMILES string of the molecule is C[C@H](Nc1nccc(-n2cnc3ccc(N4CC5CCCN5C4)cc32)n1)c1ccccc1. The Morgan fingerprint density at radius 1 is 1.06 bits per heavy atom. The molecule has 7 heteroatoms. The lowest BCUT2D eigenvalue weighted by atomic mass is 10.1. The van der Waals surface area contributed by atoms with Crippen molar-refractivity contribution in [3.63, 3.8) is 0 Å². The molecule has 0 bridgehead atoms. The van der Waals surface area contributed by atoms with Gasteiger partial charge >= 0.3 is 0 Å². The first-order valence-electron chi connectivity index (χ1n) is 11.4. The van der Waals surface area contributed by atoms with Crippen LogP contribution in [0.5, 0.6) is 0 Å². The molecule has 2 aromatic carbocycles. The molecule has 0 amide bonds. The third-order valence-corrected chi connectivity index (χ3v) is 6.71. The van der Waals surface area contributed by atoms with Gasteiger partial charge in [0.05, 0.1) is 23.7 Å². The number of rotatable bonds is 5. The molecule has 0 aliphatic carbocycles. The van der Waals surface area contributed by atoms with Crippen LogP contribution in [0.15, 0.2) is 67.1 Å². The minimum atomic E-state index is 0.113. The van der Waals surface area contributed by atoms with E-state index in [9.17, 15) is 0 Å². The Labute approximate surface area is 187 Å². The minimum Gasteiger partial charge on any atom is -0.357 e. The summed E-state index contributed by atoms with van der Waals surface area (Å²) in [5, 5.41) is 3.42. The fraction of sp³-hybridized carbons (Fsp3) is 0.320. The fourth-order valence-corrected chi connectivity index (χ4v) is 4.95. The molecule has 2 atom stereocenters. The van der Waals surface area contributed by atoms with E-state index in [1.165, 1.54) is 30.6 Å². The van der Waals surface area contributed by atoms with Crippen molar-refractivity contribution in [2.24, 2.45) is 0 Å². The summed E-state index contributed by atoms with van der Waals surface area (Å²) in [5.41, 5.74) is 4.48. The summed E-state index contributed by atoms with van der Waals surface area (Å²) in [7, 11) is 0. The van der Waals surface area contributed by atoms with E-state index in [0.29, 0.717) is 12.0 Å². The third-order valence-electron chi connectivity index (χ3n) is 6.71. The third kappa shape index (κ3) is 3.48. The van der Waals surface area contributed by atoms with Gasteiger partial charge in [0.1, 0.15) is 12.1 Å². The Hall–Kier alpha value is -3.45. The van der Waals surface area contributed by atoms with Gasteiger partial charge < -0.3 is 10.2 Å². The lowest BCUT2D eigenvalue weighted by Gasteiger charge is -2.19. The number of anilines is 2. The number of imidazole rings is 1. The van der Waals surface area contributed by atoms with Crippen LogP contribution in [0.1, 0.15) is 31.4 Å². The van der Waals surface area contributed by atoms with Crippen molar-refractivity contribution in [2.75, 3.05) is 30.0 Å². The van der Waals surface area contributed by atoms with Gasteiger partial charge in [0.25, 0.3) is 0 Å². The molecule has 4 aromatic rings. The zero-order valence-electron chi connectivity index (χ0n) is 18.2. The van der Waals surface area contributed by atoms with Crippen LogP contribution < -0.4 is 10.2 Å². The number of hydrogen-bond acceptors (Lipinski definition) is 6. The number of fused-ring (bicyclic) bond motifs is 2. The molecule has 2 aliphatic heterocycles. The van der Waals surface area contributed by atoms with Gasteiger partial charge in [0.2, 0.25) is 5.95 Å². The molecule has 0 spiro atoms. The van der Waals surface area contributed by atoms with Gasteiger partial charge in [0, 0.05) is 31.0 Å². The lowest BCUT2D eigenvalue weighted by Crippen LogP contribution is -2.25. The zero-order valence-corrected chi connectivity index (χ0v) is 18.2. The molecule has 32 heavy (non-hydrogen) atoms. The van der Waals surface area contributed by atoms with Crippen LogP contribution in [0.2, 0.25) is 0 Å². The van der Waals surface area contributed by atoms with Crippen molar-refractivity contribution in [1.82, 2.24) is 24.4 Å². The average molecular weight is 426 g/mol. The van der Waals surface area contributed by atoms with Crippen molar-refractivity contribution in [3.05, 3.63) is 72.7 Å². The fourth-order valence-electron chi connectivity index (χ4n) is 4.95. The van der Waals surface area contributed by atoms with Crippen LogP contribution in [-0.4, -0.2) is 50.2 Å². The standard InChI is InChI=1S/C25H27N7/c1-18(19-6-3-2-4-7-19)28-25-26-12-11-24(29-25)32-16-27-22-10-9-20(14-23(22)32)31-15-21-8-5-13-30(21)17-31/h2-4,6-7,9-12,14,16,18,21H,5,8,13,15,17H2,1H3,(H,26,28,29)/t18-,21?/m0/s1. The molecule has 2 aromatic heterocycles. The summed E-state index contributed by atoms with van der Waals surface area (Å²) in [6, 6.07) is 19.6. The van der Waals surface area contributed by atoms with E-state index in [-0.39, 0.29) is 6.04 Å². The molecule has 0 radical (unpaired) electrons. The maximum absolute atomic E-state index is 4.78. The van der Waals surface area contributed by atoms with Crippen LogP contribution in [0.4, 0.5) is 11.6 Å². The van der Waals surface area contributed by atoms with E-state index in [0.717, 1.165) is 30.1 Å². The van der Waals surface area contributed by atoms with Gasteiger partial charge in [-0.05, 0) is 49.6 Å². The first kappa shape index (κ1) is 19.3. The Morgan fingerprint density at radius 2 is 1.97 bits per heavy atom. The first-order valence-corrected chi connectivity index (χ1v) is 11.4. The summed E-state index contributed by atoms with van der Waals surface area (Å²) >= 11 is 0. The number of nitrogens with one attached hydrogen (secondary N) is 1. The zero-order chi connectivity index (χ0) is 21.5. The first-order chi connectivity index (χ1) is 15.7. The molecule has 2 saturated heterocycles. The van der Waals surface area contributed by atoms with E-state index in [4.69, 9.17) is 4.98 Å². The second kappa shape index (κ2) is 7.91. The Morgan fingerprint density at radius 3 is 2.84 bits per heavy atom. The normalized spacial score (nSPS) is 19.4. The number of hydrogen-bond donors (Lipinski definition) is 1. The second-order valence-electron chi connectivity index (χ2n) is 8.77. The highest BCUT2D eigenvalue weighted by Crippen LogP contribution is 2.30. The van der Waals surface area contributed by atoms with Crippen LogP contribution in [0, 0.1) is 0 Å². The lowest BCUT2D eigenvalue weighted by molar-refractivity contribution is 0.330. The molecule has 6 rings (SSSR count). The van der Waals surface area contributed by atoms with E-state index in [1.807, 2.05) is 30.6 Å². The monoisotopic (exact) mass is 425 g/mol. The molecular weight excluding hydrogens is 398 g/mol. The minimum absolute atomic E-state index is 0.113. The molecule has 7 nitrogen and oxygen atoms in total. The molecule has 162 valence electrons.